The van der Waals surface area contributed by atoms with Crippen LogP contribution in [-0.4, -0.2) is 14.8 Å². The van der Waals surface area contributed by atoms with Gasteiger partial charge in [-0.3, -0.25) is 30.3 Å². The molecule has 0 amide bonds. The van der Waals surface area contributed by atoms with Crippen LogP contribution in [0.25, 0.3) is 0 Å². The Morgan fingerprint density at radius 2 is 1.19 bits per heavy atom. The molecule has 9 heteroatoms. The van der Waals surface area contributed by atoms with Crippen molar-refractivity contribution >= 4 is 17.1 Å². The fourth-order valence-electron chi connectivity index (χ4n) is 1.61. The summed E-state index contributed by atoms with van der Waals surface area (Å²) in [7, 11) is 0. The number of rotatable bonds is 3. The largest absolute Gasteiger partial charge is 0.289 e. The standard InChI is InChI=1S/C12H15N3O6/c1-6-9(13(16)17)7(2)11(15(20)21)8(12(3,4)5)10(6)14(18)19/h1-5H3/i1D3,2D3,3D3,4D3,5D3. The van der Waals surface area contributed by atoms with Gasteiger partial charge in [0.15, 0.2) is 0 Å². The highest BCUT2D eigenvalue weighted by Gasteiger charge is 2.42. The van der Waals surface area contributed by atoms with Crippen molar-refractivity contribution in [3.63, 3.8) is 0 Å². The van der Waals surface area contributed by atoms with Gasteiger partial charge in [-0.25, -0.2) is 0 Å². The van der Waals surface area contributed by atoms with Gasteiger partial charge in [-0.2, -0.15) is 0 Å². The predicted octanol–water partition coefficient (Wildman–Crippen LogP) is 3.33. The number of hydrogen-bond acceptors (Lipinski definition) is 6. The molecule has 0 aliphatic rings. The van der Waals surface area contributed by atoms with Crippen LogP contribution in [0.1, 0.15) is 57.8 Å². The lowest BCUT2D eigenvalue weighted by Gasteiger charge is -2.20. The second-order valence-corrected chi connectivity index (χ2v) is 3.69. The summed E-state index contributed by atoms with van der Waals surface area (Å²) in [6.45, 7) is -21.6. The van der Waals surface area contributed by atoms with Crippen molar-refractivity contribution in [1.82, 2.24) is 0 Å². The van der Waals surface area contributed by atoms with Crippen LogP contribution >= 0.6 is 0 Å². The molecule has 0 unspecified atom stereocenters. The normalized spacial score (nSPS) is 24.9. The first kappa shape index (κ1) is 5.00. The first-order valence-corrected chi connectivity index (χ1v) is 4.77. The molecule has 0 saturated carbocycles. The van der Waals surface area contributed by atoms with E-state index >= 15 is 0 Å². The van der Waals surface area contributed by atoms with Crippen molar-refractivity contribution in [2.24, 2.45) is 0 Å². The van der Waals surface area contributed by atoms with E-state index in [1.54, 1.807) is 0 Å². The summed E-state index contributed by atoms with van der Waals surface area (Å²) in [6, 6.07) is 0. The van der Waals surface area contributed by atoms with Crippen LogP contribution in [0.3, 0.4) is 0 Å². The fourth-order valence-corrected chi connectivity index (χ4v) is 1.61. The molecule has 0 bridgehead atoms. The molecule has 1 aromatic rings. The third-order valence-corrected chi connectivity index (χ3v) is 2.34. The van der Waals surface area contributed by atoms with Gasteiger partial charge in [0.05, 0.1) is 14.8 Å². The average Bonchev–Trinajstić information content (AvgIpc) is 2.54. The zero-order chi connectivity index (χ0) is 29.2. The van der Waals surface area contributed by atoms with Crippen LogP contribution in [0.15, 0.2) is 0 Å². The van der Waals surface area contributed by atoms with Gasteiger partial charge in [0.2, 0.25) is 0 Å². The van der Waals surface area contributed by atoms with Crippen molar-refractivity contribution < 1.29 is 35.3 Å². The summed E-state index contributed by atoms with van der Waals surface area (Å²) in [5, 5.41) is 35.9. The molecule has 0 fully saturated rings. The second kappa shape index (κ2) is 5.08. The van der Waals surface area contributed by atoms with E-state index in [4.69, 9.17) is 20.6 Å². The maximum absolute atomic E-state index is 12.0. The van der Waals surface area contributed by atoms with Crippen molar-refractivity contribution in [1.29, 1.82) is 0 Å². The summed E-state index contributed by atoms with van der Waals surface area (Å²) in [6.07, 6.45) is 0. The van der Waals surface area contributed by atoms with Crippen LogP contribution < -0.4 is 0 Å². The van der Waals surface area contributed by atoms with Crippen LogP contribution in [-0.2, 0) is 5.41 Å². The van der Waals surface area contributed by atoms with E-state index < -0.39 is 88.2 Å². The molecule has 114 valence electrons. The summed E-state index contributed by atoms with van der Waals surface area (Å²) in [5.41, 5.74) is -18.5. The maximum Gasteiger partial charge on any atom is 0.289 e. The Bertz CT molecular complexity index is 1020. The molecular weight excluding hydrogens is 282 g/mol. The van der Waals surface area contributed by atoms with E-state index in [0.29, 0.717) is 0 Å². The highest BCUT2D eigenvalue weighted by molar-refractivity contribution is 5.72. The zero-order valence-electron chi connectivity index (χ0n) is 24.8. The van der Waals surface area contributed by atoms with E-state index in [1.807, 2.05) is 0 Å². The van der Waals surface area contributed by atoms with E-state index in [-0.39, 0.29) is 0 Å². The third-order valence-electron chi connectivity index (χ3n) is 2.34. The molecule has 0 atom stereocenters. The smallest absolute Gasteiger partial charge is 0.258 e. The van der Waals surface area contributed by atoms with Crippen molar-refractivity contribution in [2.75, 3.05) is 0 Å². The third kappa shape index (κ3) is 2.67. The SMILES string of the molecule is [2H]C([2H])([2H])c1c([N+](=O)[O-])c(C([2H])([2H])[2H])c([N+](=O)[O-])c(C(C([2H])([2H])[2H])(C([2H])([2H])[2H])C([2H])([2H])[2H])c1[N+](=O)[O-]. The lowest BCUT2D eigenvalue weighted by molar-refractivity contribution is -0.406. The highest BCUT2D eigenvalue weighted by Crippen LogP contribution is 2.46. The Balaban J connectivity index is 5.24. The van der Waals surface area contributed by atoms with E-state index in [1.165, 1.54) is 0 Å². The van der Waals surface area contributed by atoms with Gasteiger partial charge in [-0.15, -0.1) is 0 Å². The molecule has 0 radical (unpaired) electrons. The topological polar surface area (TPSA) is 129 Å². The highest BCUT2D eigenvalue weighted by atomic mass is 16.6. The number of benzene rings is 1. The Hall–Kier alpha value is -2.58. The quantitative estimate of drug-likeness (QED) is 0.621. The number of nitro benzene ring substituents is 3. The Labute approximate surface area is 141 Å². The monoisotopic (exact) mass is 312 g/mol. The summed E-state index contributed by atoms with van der Waals surface area (Å²) in [4.78, 5) is 30.2. The lowest BCUT2D eigenvalue weighted by atomic mass is 9.81. The van der Waals surface area contributed by atoms with Gasteiger partial charge < -0.3 is 0 Å². The Morgan fingerprint density at radius 3 is 1.43 bits per heavy atom. The van der Waals surface area contributed by atoms with Crippen LogP contribution in [0, 0.1) is 44.0 Å². The minimum Gasteiger partial charge on any atom is -0.258 e. The first-order valence-electron chi connectivity index (χ1n) is 12.3. The van der Waals surface area contributed by atoms with Gasteiger partial charge in [0.25, 0.3) is 17.1 Å². The van der Waals surface area contributed by atoms with Crippen LogP contribution in [0.2, 0.25) is 0 Å². The zero-order valence-corrected chi connectivity index (χ0v) is 9.79. The number of hydrogen-bond donors (Lipinski definition) is 0. The van der Waals surface area contributed by atoms with Gasteiger partial charge in [0.1, 0.15) is 16.7 Å². The van der Waals surface area contributed by atoms with E-state index in [9.17, 15) is 30.3 Å². The minimum absolute atomic E-state index is 1.82. The van der Waals surface area contributed by atoms with Crippen molar-refractivity contribution in [2.45, 2.75) is 39.7 Å². The van der Waals surface area contributed by atoms with Gasteiger partial charge in [-0.1, -0.05) is 20.6 Å². The molecule has 9 nitrogen and oxygen atoms in total. The molecule has 0 aromatic heterocycles. The molecule has 0 N–H and O–H groups in total. The number of nitro groups is 3. The van der Waals surface area contributed by atoms with Gasteiger partial charge in [-0.05, 0) is 13.7 Å². The summed E-state index contributed by atoms with van der Waals surface area (Å²) < 4.78 is 115. The van der Waals surface area contributed by atoms with Crippen LogP contribution in [0.4, 0.5) is 17.1 Å². The average molecular weight is 312 g/mol. The van der Waals surface area contributed by atoms with Gasteiger partial charge in [0, 0.05) is 26.0 Å². The molecule has 21 heavy (non-hydrogen) atoms. The molecule has 1 rings (SSSR count). The Kier molecular flexibility index (Phi) is 1.21. The summed E-state index contributed by atoms with van der Waals surface area (Å²) in [5.74, 6) is 0. The summed E-state index contributed by atoms with van der Waals surface area (Å²) >= 11 is 0. The second-order valence-electron chi connectivity index (χ2n) is 3.69. The molecule has 0 spiro atoms. The number of nitrogens with zero attached hydrogens (tertiary/aromatic N) is 3. The van der Waals surface area contributed by atoms with Gasteiger partial charge >= 0.3 is 0 Å². The molecule has 0 aliphatic heterocycles. The first-order chi connectivity index (χ1) is 15.6. The lowest BCUT2D eigenvalue weighted by Crippen LogP contribution is -2.19. The van der Waals surface area contributed by atoms with Crippen LogP contribution in [0.5, 0.6) is 0 Å². The molecule has 1 aromatic carbocycles. The molecule has 0 saturated heterocycles. The molecule has 0 aliphatic carbocycles. The Morgan fingerprint density at radius 1 is 0.810 bits per heavy atom. The van der Waals surface area contributed by atoms with Crippen molar-refractivity contribution in [3.05, 3.63) is 47.0 Å². The van der Waals surface area contributed by atoms with Crippen molar-refractivity contribution in [3.8, 4) is 0 Å². The molecular formula is C12H15N3O6. The fraction of sp³-hybridized carbons (Fsp3) is 0.500. The van der Waals surface area contributed by atoms with E-state index in [2.05, 4.69) is 0 Å². The predicted molar refractivity (Wildman–Crippen MR) is 74.6 cm³/mol. The maximum atomic E-state index is 12.0. The molecule has 0 heterocycles. The minimum atomic E-state index is -4.66. The van der Waals surface area contributed by atoms with E-state index in [0.717, 1.165) is 0 Å².